The number of benzene rings is 1. The molecule has 1 aliphatic rings. The minimum atomic E-state index is 0.240. The Morgan fingerprint density at radius 3 is 3.06 bits per heavy atom. The zero-order valence-corrected chi connectivity index (χ0v) is 10.0. The lowest BCUT2D eigenvalue weighted by Crippen LogP contribution is -2.05. The average molecular weight is 219 g/mol. The van der Waals surface area contributed by atoms with E-state index in [4.69, 9.17) is 10.5 Å². The Morgan fingerprint density at radius 1 is 1.38 bits per heavy atom. The standard InChI is InChI=1S/C14H21NO/c1-2-3-4-9-16-12-6-7-13-11(10-12)5-8-14(13)15/h6-7,10,14H,2-5,8-9,15H2,1H3/t14-/m0/s1. The van der Waals surface area contributed by atoms with Crippen LogP contribution in [0.3, 0.4) is 0 Å². The van der Waals surface area contributed by atoms with Crippen molar-refractivity contribution in [2.75, 3.05) is 6.61 Å². The van der Waals surface area contributed by atoms with Gasteiger partial charge in [0.05, 0.1) is 6.61 Å². The minimum absolute atomic E-state index is 0.240. The van der Waals surface area contributed by atoms with Crippen molar-refractivity contribution in [2.45, 2.75) is 45.1 Å². The highest BCUT2D eigenvalue weighted by atomic mass is 16.5. The van der Waals surface area contributed by atoms with Crippen molar-refractivity contribution in [3.8, 4) is 5.75 Å². The summed E-state index contributed by atoms with van der Waals surface area (Å²) in [7, 11) is 0. The highest BCUT2D eigenvalue weighted by Gasteiger charge is 2.18. The average Bonchev–Trinajstić information content (AvgIpc) is 2.66. The van der Waals surface area contributed by atoms with Gasteiger partial charge in [-0.2, -0.15) is 0 Å². The van der Waals surface area contributed by atoms with E-state index in [0.29, 0.717) is 0 Å². The van der Waals surface area contributed by atoms with Gasteiger partial charge in [0.1, 0.15) is 5.75 Å². The first-order valence-corrected chi connectivity index (χ1v) is 6.32. The van der Waals surface area contributed by atoms with Crippen LogP contribution >= 0.6 is 0 Å². The lowest BCUT2D eigenvalue weighted by Gasteiger charge is -2.09. The summed E-state index contributed by atoms with van der Waals surface area (Å²) in [6, 6.07) is 6.58. The number of hydrogen-bond donors (Lipinski definition) is 1. The van der Waals surface area contributed by atoms with Crippen molar-refractivity contribution in [2.24, 2.45) is 5.73 Å². The minimum Gasteiger partial charge on any atom is -0.494 e. The molecule has 2 rings (SSSR count). The molecule has 1 aliphatic carbocycles. The van der Waals surface area contributed by atoms with Crippen molar-refractivity contribution in [3.63, 3.8) is 0 Å². The largest absolute Gasteiger partial charge is 0.494 e. The molecule has 0 radical (unpaired) electrons. The molecule has 0 unspecified atom stereocenters. The van der Waals surface area contributed by atoms with Gasteiger partial charge in [0.2, 0.25) is 0 Å². The molecule has 0 aromatic heterocycles. The third kappa shape index (κ3) is 2.56. The zero-order chi connectivity index (χ0) is 11.4. The number of hydrogen-bond acceptors (Lipinski definition) is 2. The molecule has 2 heteroatoms. The van der Waals surface area contributed by atoms with Gasteiger partial charge in [-0.05, 0) is 42.5 Å². The molecule has 0 spiro atoms. The predicted octanol–water partition coefficient (Wildman–Crippen LogP) is 3.20. The van der Waals surface area contributed by atoms with Crippen LogP contribution in [0.1, 0.15) is 49.8 Å². The SMILES string of the molecule is CCCCCOc1ccc2c(c1)CC[C@@H]2N. The van der Waals surface area contributed by atoms with Gasteiger partial charge in [-0.25, -0.2) is 0 Å². The summed E-state index contributed by atoms with van der Waals surface area (Å²) in [5.41, 5.74) is 8.68. The van der Waals surface area contributed by atoms with E-state index in [2.05, 4.69) is 25.1 Å². The highest BCUT2D eigenvalue weighted by molar-refractivity contribution is 5.40. The van der Waals surface area contributed by atoms with Crippen LogP contribution in [0.15, 0.2) is 18.2 Å². The van der Waals surface area contributed by atoms with E-state index >= 15 is 0 Å². The number of unbranched alkanes of at least 4 members (excludes halogenated alkanes) is 2. The van der Waals surface area contributed by atoms with Crippen LogP contribution in [0, 0.1) is 0 Å². The predicted molar refractivity (Wildman–Crippen MR) is 66.7 cm³/mol. The fraction of sp³-hybridized carbons (Fsp3) is 0.571. The quantitative estimate of drug-likeness (QED) is 0.772. The van der Waals surface area contributed by atoms with Crippen LogP contribution in [0.2, 0.25) is 0 Å². The molecule has 0 aliphatic heterocycles. The van der Waals surface area contributed by atoms with Gasteiger partial charge in [-0.1, -0.05) is 25.8 Å². The second-order valence-corrected chi connectivity index (χ2v) is 4.56. The van der Waals surface area contributed by atoms with Crippen LogP contribution < -0.4 is 10.5 Å². The maximum absolute atomic E-state index is 6.00. The Bertz CT molecular complexity index is 349. The van der Waals surface area contributed by atoms with Crippen molar-refractivity contribution >= 4 is 0 Å². The van der Waals surface area contributed by atoms with E-state index in [1.54, 1.807) is 0 Å². The third-order valence-electron chi connectivity index (χ3n) is 3.26. The molecule has 2 nitrogen and oxygen atoms in total. The molecule has 0 amide bonds. The topological polar surface area (TPSA) is 35.2 Å². The van der Waals surface area contributed by atoms with Gasteiger partial charge in [-0.15, -0.1) is 0 Å². The first-order chi connectivity index (χ1) is 7.81. The van der Waals surface area contributed by atoms with Crippen molar-refractivity contribution in [1.29, 1.82) is 0 Å². The molecule has 88 valence electrons. The van der Waals surface area contributed by atoms with Gasteiger partial charge < -0.3 is 10.5 Å². The van der Waals surface area contributed by atoms with E-state index in [0.717, 1.165) is 31.6 Å². The van der Waals surface area contributed by atoms with E-state index < -0.39 is 0 Å². The Morgan fingerprint density at radius 2 is 2.25 bits per heavy atom. The first kappa shape index (κ1) is 11.5. The molecule has 0 saturated heterocycles. The number of rotatable bonds is 5. The normalized spacial score (nSPS) is 18.5. The smallest absolute Gasteiger partial charge is 0.119 e. The number of fused-ring (bicyclic) bond motifs is 1. The second-order valence-electron chi connectivity index (χ2n) is 4.56. The molecule has 0 fully saturated rings. The van der Waals surface area contributed by atoms with Crippen LogP contribution in [-0.4, -0.2) is 6.61 Å². The van der Waals surface area contributed by atoms with Crippen LogP contribution in [-0.2, 0) is 6.42 Å². The summed E-state index contributed by atoms with van der Waals surface area (Å²) < 4.78 is 5.73. The van der Waals surface area contributed by atoms with Crippen molar-refractivity contribution in [1.82, 2.24) is 0 Å². The van der Waals surface area contributed by atoms with E-state index in [9.17, 15) is 0 Å². The molecule has 1 aromatic rings. The fourth-order valence-corrected chi connectivity index (χ4v) is 2.26. The fourth-order valence-electron chi connectivity index (χ4n) is 2.26. The number of aryl methyl sites for hydroxylation is 1. The lowest BCUT2D eigenvalue weighted by atomic mass is 10.1. The van der Waals surface area contributed by atoms with Crippen LogP contribution in [0.25, 0.3) is 0 Å². The summed E-state index contributed by atoms with van der Waals surface area (Å²) in [5.74, 6) is 1.00. The maximum Gasteiger partial charge on any atom is 0.119 e. The van der Waals surface area contributed by atoms with E-state index in [1.165, 1.54) is 24.0 Å². The van der Waals surface area contributed by atoms with Gasteiger partial charge in [0, 0.05) is 6.04 Å². The second kappa shape index (κ2) is 5.35. The summed E-state index contributed by atoms with van der Waals surface area (Å²) in [6.07, 6.45) is 5.81. The van der Waals surface area contributed by atoms with E-state index in [-0.39, 0.29) is 6.04 Å². The monoisotopic (exact) mass is 219 g/mol. The molecule has 2 N–H and O–H groups in total. The molecule has 0 heterocycles. The Balaban J connectivity index is 1.92. The summed E-state index contributed by atoms with van der Waals surface area (Å²) in [6.45, 7) is 3.04. The number of nitrogens with two attached hydrogens (primary N) is 1. The third-order valence-corrected chi connectivity index (χ3v) is 3.26. The molecular weight excluding hydrogens is 198 g/mol. The van der Waals surface area contributed by atoms with Gasteiger partial charge >= 0.3 is 0 Å². The van der Waals surface area contributed by atoms with E-state index in [1.807, 2.05) is 0 Å². The van der Waals surface area contributed by atoms with Crippen molar-refractivity contribution < 1.29 is 4.74 Å². The summed E-state index contributed by atoms with van der Waals surface area (Å²) in [5, 5.41) is 0. The lowest BCUT2D eigenvalue weighted by molar-refractivity contribution is 0.306. The highest BCUT2D eigenvalue weighted by Crippen LogP contribution is 2.31. The van der Waals surface area contributed by atoms with Crippen LogP contribution in [0.4, 0.5) is 0 Å². The molecular formula is C14H21NO. The van der Waals surface area contributed by atoms with Crippen LogP contribution in [0.5, 0.6) is 5.75 Å². The Labute approximate surface area is 97.8 Å². The molecule has 0 saturated carbocycles. The van der Waals surface area contributed by atoms with Crippen molar-refractivity contribution in [3.05, 3.63) is 29.3 Å². The summed E-state index contributed by atoms with van der Waals surface area (Å²) in [4.78, 5) is 0. The summed E-state index contributed by atoms with van der Waals surface area (Å²) >= 11 is 0. The van der Waals surface area contributed by atoms with Gasteiger partial charge in [0.25, 0.3) is 0 Å². The first-order valence-electron chi connectivity index (χ1n) is 6.32. The number of ether oxygens (including phenoxy) is 1. The molecule has 1 atom stereocenters. The molecule has 1 aromatic carbocycles. The molecule has 0 bridgehead atoms. The zero-order valence-electron chi connectivity index (χ0n) is 10.0. The molecule has 16 heavy (non-hydrogen) atoms. The van der Waals surface area contributed by atoms with Gasteiger partial charge in [-0.3, -0.25) is 0 Å². The Kier molecular flexibility index (Phi) is 3.83. The van der Waals surface area contributed by atoms with Gasteiger partial charge in [0.15, 0.2) is 0 Å². The maximum atomic E-state index is 6.00. The Hall–Kier alpha value is -1.02.